The first-order chi connectivity index (χ1) is 9.13. The summed E-state index contributed by atoms with van der Waals surface area (Å²) in [5, 5.41) is 21.5. The van der Waals surface area contributed by atoms with E-state index in [9.17, 15) is 5.11 Å². The molecule has 1 heterocycles. The van der Waals surface area contributed by atoms with Crippen molar-refractivity contribution in [1.82, 2.24) is 4.98 Å². The van der Waals surface area contributed by atoms with Crippen LogP contribution in [-0.2, 0) is 0 Å². The maximum absolute atomic E-state index is 10.0. The highest BCUT2D eigenvalue weighted by Gasteiger charge is 2.26. The molecule has 2 atom stereocenters. The second kappa shape index (κ2) is 5.88. The van der Waals surface area contributed by atoms with Gasteiger partial charge in [-0.2, -0.15) is 0 Å². The number of anilines is 1. The summed E-state index contributed by atoms with van der Waals surface area (Å²) in [7, 11) is 1.96. The number of nitrogens with zero attached hydrogens (tertiary/aromatic N) is 3. The highest BCUT2D eigenvalue weighted by atomic mass is 16.4. The van der Waals surface area contributed by atoms with E-state index in [4.69, 9.17) is 10.9 Å². The Morgan fingerprint density at radius 1 is 1.42 bits per heavy atom. The zero-order valence-electron chi connectivity index (χ0n) is 11.0. The van der Waals surface area contributed by atoms with Gasteiger partial charge in [-0.1, -0.05) is 18.0 Å². The Labute approximate surface area is 112 Å². The molecule has 1 aliphatic carbocycles. The molecule has 19 heavy (non-hydrogen) atoms. The third-order valence-electron chi connectivity index (χ3n) is 3.72. The summed E-state index contributed by atoms with van der Waals surface area (Å²) in [4.78, 5) is 6.20. The van der Waals surface area contributed by atoms with Crippen LogP contribution in [0, 0.1) is 0 Å². The molecule has 2 unspecified atom stereocenters. The number of aliphatic hydroxyl groups excluding tert-OH is 1. The van der Waals surface area contributed by atoms with E-state index in [0.717, 1.165) is 31.4 Å². The number of hydrogen-bond acceptors (Lipinski definition) is 5. The van der Waals surface area contributed by atoms with Crippen molar-refractivity contribution >= 4 is 11.5 Å². The quantitative estimate of drug-likeness (QED) is 0.326. The summed E-state index contributed by atoms with van der Waals surface area (Å²) in [6.45, 7) is 0. The largest absolute Gasteiger partial charge is 0.409 e. The fourth-order valence-electron chi connectivity index (χ4n) is 2.53. The van der Waals surface area contributed by atoms with Gasteiger partial charge in [0.25, 0.3) is 0 Å². The van der Waals surface area contributed by atoms with Gasteiger partial charge in [-0.25, -0.2) is 0 Å². The van der Waals surface area contributed by atoms with E-state index >= 15 is 0 Å². The fraction of sp³-hybridized carbons (Fsp3) is 0.538. The van der Waals surface area contributed by atoms with E-state index < -0.39 is 0 Å². The van der Waals surface area contributed by atoms with Crippen molar-refractivity contribution in [2.45, 2.75) is 37.8 Å². The number of oxime groups is 1. The van der Waals surface area contributed by atoms with Gasteiger partial charge in [-0.15, -0.1) is 0 Å². The van der Waals surface area contributed by atoms with Crippen LogP contribution in [0.4, 0.5) is 5.69 Å². The molecule has 6 nitrogen and oxygen atoms in total. The molecule has 6 heteroatoms. The Morgan fingerprint density at radius 3 is 2.74 bits per heavy atom. The van der Waals surface area contributed by atoms with Gasteiger partial charge in [-0.05, 0) is 25.0 Å². The maximum Gasteiger partial charge on any atom is 0.188 e. The van der Waals surface area contributed by atoms with E-state index in [2.05, 4.69) is 10.1 Å². The van der Waals surface area contributed by atoms with Gasteiger partial charge in [0.15, 0.2) is 5.84 Å². The van der Waals surface area contributed by atoms with Crippen LogP contribution in [0.5, 0.6) is 0 Å². The summed E-state index contributed by atoms with van der Waals surface area (Å²) in [5.74, 6) is -0.00750. The average molecular weight is 264 g/mol. The molecule has 0 spiro atoms. The van der Waals surface area contributed by atoms with E-state index in [1.807, 2.05) is 18.0 Å². The van der Waals surface area contributed by atoms with Gasteiger partial charge in [0.2, 0.25) is 0 Å². The first-order valence-electron chi connectivity index (χ1n) is 6.48. The van der Waals surface area contributed by atoms with E-state index in [1.165, 1.54) is 0 Å². The molecule has 1 fully saturated rings. The fourth-order valence-corrected chi connectivity index (χ4v) is 2.53. The van der Waals surface area contributed by atoms with Crippen molar-refractivity contribution in [2.24, 2.45) is 10.9 Å². The van der Waals surface area contributed by atoms with Crippen molar-refractivity contribution in [3.8, 4) is 0 Å². The topological polar surface area (TPSA) is 95.0 Å². The highest BCUT2D eigenvalue weighted by Crippen LogP contribution is 2.26. The van der Waals surface area contributed by atoms with Crippen molar-refractivity contribution < 1.29 is 10.3 Å². The lowest BCUT2D eigenvalue weighted by molar-refractivity contribution is 0.106. The smallest absolute Gasteiger partial charge is 0.188 e. The lowest BCUT2D eigenvalue weighted by Crippen LogP contribution is -2.43. The third-order valence-corrected chi connectivity index (χ3v) is 3.72. The van der Waals surface area contributed by atoms with Gasteiger partial charge in [0, 0.05) is 7.05 Å². The summed E-state index contributed by atoms with van der Waals surface area (Å²) >= 11 is 0. The molecule has 0 saturated heterocycles. The Balaban J connectivity index is 2.12. The zero-order chi connectivity index (χ0) is 13.8. The molecular formula is C13H20N4O2. The molecule has 1 aromatic rings. The van der Waals surface area contributed by atoms with Crippen LogP contribution in [0.3, 0.4) is 0 Å². The second-order valence-corrected chi connectivity index (χ2v) is 4.92. The van der Waals surface area contributed by atoms with Crippen LogP contribution in [0.1, 0.15) is 31.4 Å². The Bertz CT molecular complexity index is 446. The number of amidine groups is 1. The number of pyridine rings is 1. The molecule has 104 valence electrons. The van der Waals surface area contributed by atoms with Crippen molar-refractivity contribution in [2.75, 3.05) is 11.9 Å². The number of hydrogen-bond donors (Lipinski definition) is 3. The van der Waals surface area contributed by atoms with Crippen molar-refractivity contribution in [1.29, 1.82) is 0 Å². The Morgan fingerprint density at radius 2 is 2.16 bits per heavy atom. The molecule has 0 bridgehead atoms. The summed E-state index contributed by atoms with van der Waals surface area (Å²) < 4.78 is 0. The lowest BCUT2D eigenvalue weighted by Gasteiger charge is -2.36. The number of rotatable bonds is 3. The molecule has 2 rings (SSSR count). The Hall–Kier alpha value is -1.82. The third kappa shape index (κ3) is 2.96. The second-order valence-electron chi connectivity index (χ2n) is 4.92. The Kier molecular flexibility index (Phi) is 4.21. The molecule has 0 aromatic carbocycles. The number of nitrogens with two attached hydrogens (primary N) is 1. The van der Waals surface area contributed by atoms with Crippen LogP contribution in [-0.4, -0.2) is 40.3 Å². The maximum atomic E-state index is 10.0. The van der Waals surface area contributed by atoms with E-state index in [0.29, 0.717) is 5.69 Å². The predicted octanol–water partition coefficient (Wildman–Crippen LogP) is 0.916. The minimum absolute atomic E-state index is 0.00750. The van der Waals surface area contributed by atoms with Crippen LogP contribution in [0.2, 0.25) is 0 Å². The van der Waals surface area contributed by atoms with E-state index in [1.54, 1.807) is 12.3 Å². The van der Waals surface area contributed by atoms with Crippen molar-refractivity contribution in [3.05, 3.63) is 24.0 Å². The van der Waals surface area contributed by atoms with Gasteiger partial charge in [-0.3, -0.25) is 4.98 Å². The zero-order valence-corrected chi connectivity index (χ0v) is 11.0. The first kappa shape index (κ1) is 13.6. The normalized spacial score (nSPS) is 24.2. The van der Waals surface area contributed by atoms with Gasteiger partial charge >= 0.3 is 0 Å². The van der Waals surface area contributed by atoms with E-state index in [-0.39, 0.29) is 18.0 Å². The van der Waals surface area contributed by atoms with Crippen LogP contribution in [0.25, 0.3) is 0 Å². The lowest BCUT2D eigenvalue weighted by atomic mass is 9.91. The van der Waals surface area contributed by atoms with Crippen LogP contribution >= 0.6 is 0 Å². The van der Waals surface area contributed by atoms with Gasteiger partial charge in [0.05, 0.1) is 24.0 Å². The molecule has 1 aromatic heterocycles. The monoisotopic (exact) mass is 264 g/mol. The molecule has 4 N–H and O–H groups in total. The summed E-state index contributed by atoms with van der Waals surface area (Å²) in [5.41, 5.74) is 6.82. The molecule has 0 radical (unpaired) electrons. The van der Waals surface area contributed by atoms with Crippen molar-refractivity contribution in [3.63, 3.8) is 0 Å². The summed E-state index contributed by atoms with van der Waals surface area (Å²) in [6.07, 6.45) is 5.45. The minimum atomic E-state index is -0.289. The highest BCUT2D eigenvalue weighted by molar-refractivity contribution is 5.95. The number of aromatic nitrogens is 1. The predicted molar refractivity (Wildman–Crippen MR) is 73.4 cm³/mol. The molecule has 1 aliphatic rings. The minimum Gasteiger partial charge on any atom is -0.409 e. The van der Waals surface area contributed by atoms with Crippen LogP contribution in [0.15, 0.2) is 23.5 Å². The first-order valence-corrected chi connectivity index (χ1v) is 6.48. The SMILES string of the molecule is CN(c1ccc(/C(N)=N/O)nc1)C1CCCCC1O. The molecular weight excluding hydrogens is 244 g/mol. The number of aliphatic hydroxyl groups is 1. The number of likely N-dealkylation sites (N-methyl/N-ethyl adjacent to an activating group) is 1. The van der Waals surface area contributed by atoms with Gasteiger partial charge in [0.1, 0.15) is 5.69 Å². The average Bonchev–Trinajstić information content (AvgIpc) is 2.46. The molecule has 0 amide bonds. The molecule has 1 saturated carbocycles. The van der Waals surface area contributed by atoms with Crippen LogP contribution < -0.4 is 10.6 Å². The standard InChI is InChI=1S/C13H20N4O2/c1-17(11-4-2-3-5-12(11)18)9-6-7-10(15-8-9)13(14)16-19/h6-8,11-12,18-19H,2-5H2,1H3,(H2,14,16). The molecule has 0 aliphatic heterocycles. The van der Waals surface area contributed by atoms with Gasteiger partial charge < -0.3 is 20.9 Å². The summed E-state index contributed by atoms with van der Waals surface area (Å²) in [6, 6.07) is 3.70.